The van der Waals surface area contributed by atoms with Crippen molar-refractivity contribution in [1.82, 2.24) is 30.5 Å². The average molecular weight is 449 g/mol. The summed E-state index contributed by atoms with van der Waals surface area (Å²) in [5.41, 5.74) is 2.46. The molecule has 3 heterocycles. The Morgan fingerprint density at radius 2 is 2.18 bits per heavy atom. The number of carbonyl (C=O) groups is 1. The van der Waals surface area contributed by atoms with Crippen LogP contribution in [0, 0.1) is 18.3 Å². The number of benzene rings is 1. The van der Waals surface area contributed by atoms with E-state index in [-0.39, 0.29) is 30.9 Å². The number of rotatable bonds is 7. The summed E-state index contributed by atoms with van der Waals surface area (Å²) in [5.74, 6) is 0.783. The van der Waals surface area contributed by atoms with E-state index in [2.05, 4.69) is 25.7 Å². The van der Waals surface area contributed by atoms with Gasteiger partial charge in [0, 0.05) is 17.8 Å². The zero-order valence-corrected chi connectivity index (χ0v) is 18.3. The Kier molecular flexibility index (Phi) is 6.87. The lowest BCUT2D eigenvalue weighted by atomic mass is 10.1. The van der Waals surface area contributed by atoms with Crippen molar-refractivity contribution in [3.8, 4) is 23.2 Å². The molecule has 33 heavy (non-hydrogen) atoms. The van der Waals surface area contributed by atoms with E-state index in [1.165, 1.54) is 4.80 Å². The summed E-state index contributed by atoms with van der Waals surface area (Å²) in [6.07, 6.45) is -0.817. The first-order valence-corrected chi connectivity index (χ1v) is 10.3. The van der Waals surface area contributed by atoms with Gasteiger partial charge in [0.2, 0.25) is 5.82 Å². The van der Waals surface area contributed by atoms with Gasteiger partial charge in [-0.3, -0.25) is 4.79 Å². The third kappa shape index (κ3) is 5.68. The number of tetrazole rings is 1. The third-order valence-electron chi connectivity index (χ3n) is 4.96. The molecule has 0 radical (unpaired) electrons. The SMILES string of the molecule is COc1cccc(CNC(=O)c2cc(-c3nnn(C[C@H]4CO[C@@H](C#N)CO4)n3)cc(C)n2)c1. The molecule has 0 unspecified atom stereocenters. The Labute approximate surface area is 190 Å². The Balaban J connectivity index is 1.42. The molecule has 3 aromatic rings. The average Bonchev–Trinajstić information content (AvgIpc) is 3.31. The summed E-state index contributed by atoms with van der Waals surface area (Å²) in [4.78, 5) is 18.5. The summed E-state index contributed by atoms with van der Waals surface area (Å²) in [6, 6.07) is 12.9. The van der Waals surface area contributed by atoms with Gasteiger partial charge in [-0.05, 0) is 42.0 Å². The molecular weight excluding hydrogens is 426 g/mol. The maximum atomic E-state index is 12.7. The molecular formula is C22H23N7O4. The number of amides is 1. The summed E-state index contributed by atoms with van der Waals surface area (Å²) >= 11 is 0. The van der Waals surface area contributed by atoms with Crippen LogP contribution in [0.15, 0.2) is 36.4 Å². The molecule has 0 saturated carbocycles. The molecule has 170 valence electrons. The first-order valence-electron chi connectivity index (χ1n) is 10.3. The highest BCUT2D eigenvalue weighted by Crippen LogP contribution is 2.17. The summed E-state index contributed by atoms with van der Waals surface area (Å²) in [5, 5.41) is 24.3. The Bertz CT molecular complexity index is 1170. The minimum Gasteiger partial charge on any atom is -0.497 e. The van der Waals surface area contributed by atoms with Crippen molar-refractivity contribution in [2.75, 3.05) is 20.3 Å². The highest BCUT2D eigenvalue weighted by Gasteiger charge is 2.23. The molecule has 2 aromatic heterocycles. The molecule has 1 aliphatic rings. The number of aromatic nitrogens is 5. The van der Waals surface area contributed by atoms with Crippen LogP contribution in [0.25, 0.3) is 11.4 Å². The lowest BCUT2D eigenvalue weighted by molar-refractivity contribution is -0.120. The lowest BCUT2D eigenvalue weighted by Gasteiger charge is -2.25. The molecule has 0 spiro atoms. The van der Waals surface area contributed by atoms with Crippen LogP contribution in [0.4, 0.5) is 0 Å². The Hall–Kier alpha value is -3.88. The molecule has 1 aromatic carbocycles. The lowest BCUT2D eigenvalue weighted by Crippen LogP contribution is -2.37. The third-order valence-corrected chi connectivity index (χ3v) is 4.96. The highest BCUT2D eigenvalue weighted by atomic mass is 16.6. The molecule has 1 amide bonds. The second-order valence-electron chi connectivity index (χ2n) is 7.49. The predicted octanol–water partition coefficient (Wildman–Crippen LogP) is 1.29. The van der Waals surface area contributed by atoms with E-state index >= 15 is 0 Å². The first-order chi connectivity index (χ1) is 16.0. The second-order valence-corrected chi connectivity index (χ2v) is 7.49. The minimum absolute atomic E-state index is 0.209. The van der Waals surface area contributed by atoms with E-state index in [0.717, 1.165) is 11.3 Å². The standard InChI is InChI=1S/C22H23N7O4/c1-14-6-16(21-26-28-29(27-21)11-19-13-32-18(9-23)12-33-19)8-20(25-14)22(30)24-10-15-4-3-5-17(7-15)31-2/h3-8,18-19H,10-13H2,1-2H3,(H,24,30)/t18-,19-/m0/s1. The van der Waals surface area contributed by atoms with Crippen LogP contribution in [0.1, 0.15) is 21.7 Å². The predicted molar refractivity (Wildman–Crippen MR) is 115 cm³/mol. The van der Waals surface area contributed by atoms with E-state index in [9.17, 15) is 4.79 Å². The van der Waals surface area contributed by atoms with Crippen molar-refractivity contribution >= 4 is 5.91 Å². The number of carbonyl (C=O) groups excluding carboxylic acids is 1. The van der Waals surface area contributed by atoms with Gasteiger partial charge < -0.3 is 19.5 Å². The monoisotopic (exact) mass is 449 g/mol. The number of hydrogen-bond acceptors (Lipinski definition) is 9. The van der Waals surface area contributed by atoms with Crippen LogP contribution >= 0.6 is 0 Å². The van der Waals surface area contributed by atoms with Crippen LogP contribution < -0.4 is 10.1 Å². The normalized spacial score (nSPS) is 17.8. The van der Waals surface area contributed by atoms with Gasteiger partial charge in [0.15, 0.2) is 6.10 Å². The van der Waals surface area contributed by atoms with Crippen LogP contribution in [0.5, 0.6) is 5.75 Å². The van der Waals surface area contributed by atoms with E-state index in [4.69, 9.17) is 19.5 Å². The van der Waals surface area contributed by atoms with E-state index in [1.54, 1.807) is 26.2 Å². The van der Waals surface area contributed by atoms with Crippen LogP contribution in [0.2, 0.25) is 0 Å². The van der Waals surface area contributed by atoms with Gasteiger partial charge in [0.25, 0.3) is 5.91 Å². The molecule has 0 bridgehead atoms. The first kappa shape index (κ1) is 22.3. The fourth-order valence-corrected chi connectivity index (χ4v) is 3.31. The molecule has 1 N–H and O–H groups in total. The largest absolute Gasteiger partial charge is 0.497 e. The summed E-state index contributed by atoms with van der Waals surface area (Å²) in [6.45, 7) is 2.96. The van der Waals surface area contributed by atoms with Gasteiger partial charge in [0.1, 0.15) is 17.5 Å². The number of ether oxygens (including phenoxy) is 3. The van der Waals surface area contributed by atoms with E-state index in [1.807, 2.05) is 30.3 Å². The smallest absolute Gasteiger partial charge is 0.270 e. The summed E-state index contributed by atoms with van der Waals surface area (Å²) < 4.78 is 16.2. The highest BCUT2D eigenvalue weighted by molar-refractivity contribution is 5.93. The van der Waals surface area contributed by atoms with Crippen molar-refractivity contribution in [2.24, 2.45) is 0 Å². The van der Waals surface area contributed by atoms with Crippen LogP contribution in [-0.4, -0.2) is 63.6 Å². The molecule has 0 aliphatic carbocycles. The maximum Gasteiger partial charge on any atom is 0.270 e. The number of aryl methyl sites for hydroxylation is 1. The molecule has 1 saturated heterocycles. The van der Waals surface area contributed by atoms with Crippen molar-refractivity contribution in [2.45, 2.75) is 32.2 Å². The maximum absolute atomic E-state index is 12.7. The fourth-order valence-electron chi connectivity index (χ4n) is 3.31. The number of methoxy groups -OCH3 is 1. The summed E-state index contributed by atoms with van der Waals surface area (Å²) in [7, 11) is 1.60. The van der Waals surface area contributed by atoms with Crippen molar-refractivity contribution in [1.29, 1.82) is 5.26 Å². The van der Waals surface area contributed by atoms with Gasteiger partial charge in [-0.25, -0.2) is 4.98 Å². The molecule has 11 nitrogen and oxygen atoms in total. The van der Waals surface area contributed by atoms with Gasteiger partial charge in [0.05, 0.1) is 32.9 Å². The number of nitrogens with zero attached hydrogens (tertiary/aromatic N) is 6. The van der Waals surface area contributed by atoms with Gasteiger partial charge in [-0.15, -0.1) is 10.2 Å². The van der Waals surface area contributed by atoms with Gasteiger partial charge in [-0.2, -0.15) is 10.1 Å². The quantitative estimate of drug-likeness (QED) is 0.565. The molecule has 1 aliphatic heterocycles. The zero-order valence-electron chi connectivity index (χ0n) is 18.3. The van der Waals surface area contributed by atoms with Gasteiger partial charge >= 0.3 is 0 Å². The Morgan fingerprint density at radius 1 is 1.30 bits per heavy atom. The molecule has 2 atom stereocenters. The van der Waals surface area contributed by atoms with E-state index in [0.29, 0.717) is 30.2 Å². The van der Waals surface area contributed by atoms with Crippen molar-refractivity contribution in [3.63, 3.8) is 0 Å². The number of hydrogen-bond donors (Lipinski definition) is 1. The minimum atomic E-state index is -0.547. The topological polar surface area (TPSA) is 137 Å². The number of nitriles is 1. The Morgan fingerprint density at radius 3 is 2.94 bits per heavy atom. The molecule has 4 rings (SSSR count). The molecule has 1 fully saturated rings. The van der Waals surface area contributed by atoms with Crippen LogP contribution in [0.3, 0.4) is 0 Å². The fraction of sp³-hybridized carbons (Fsp3) is 0.364. The van der Waals surface area contributed by atoms with Crippen LogP contribution in [-0.2, 0) is 22.6 Å². The second kappa shape index (κ2) is 10.2. The van der Waals surface area contributed by atoms with Gasteiger partial charge in [-0.1, -0.05) is 12.1 Å². The van der Waals surface area contributed by atoms with Crippen molar-refractivity contribution < 1.29 is 19.0 Å². The zero-order chi connectivity index (χ0) is 23.2. The van der Waals surface area contributed by atoms with E-state index < -0.39 is 6.10 Å². The molecule has 11 heteroatoms. The number of pyridine rings is 1. The number of nitrogens with one attached hydrogen (secondary N) is 1. The van der Waals surface area contributed by atoms with Crippen molar-refractivity contribution in [3.05, 3.63) is 53.3 Å².